The lowest BCUT2D eigenvalue weighted by Crippen LogP contribution is -2.36. The Morgan fingerprint density at radius 3 is 2.42 bits per heavy atom. The zero-order valence-corrected chi connectivity index (χ0v) is 21.4. The molecule has 16 heteroatoms. The number of benzene rings is 1. The van der Waals surface area contributed by atoms with E-state index in [2.05, 4.69) is 15.2 Å². The first kappa shape index (κ1) is 31.9. The quantitative estimate of drug-likeness (QED) is 0.102. The van der Waals surface area contributed by atoms with Crippen molar-refractivity contribution in [2.75, 3.05) is 17.9 Å². The van der Waals surface area contributed by atoms with Crippen molar-refractivity contribution in [1.82, 2.24) is 9.88 Å². The van der Waals surface area contributed by atoms with Gasteiger partial charge in [-0.3, -0.25) is 19.1 Å². The molecule has 38 heavy (non-hydrogen) atoms. The van der Waals surface area contributed by atoms with Crippen LogP contribution in [0.1, 0.15) is 24.6 Å². The van der Waals surface area contributed by atoms with Crippen molar-refractivity contribution in [3.8, 4) is 0 Å². The molecule has 0 spiro atoms. The number of carbonyl (C=O) groups excluding carboxylic acids is 2. The highest BCUT2D eigenvalue weighted by molar-refractivity contribution is 7.92. The Morgan fingerprint density at radius 2 is 1.87 bits per heavy atom. The second kappa shape index (κ2) is 14.6. The third-order valence-electron chi connectivity index (χ3n) is 4.44. The van der Waals surface area contributed by atoms with Gasteiger partial charge in [0, 0.05) is 5.69 Å². The van der Waals surface area contributed by atoms with Crippen molar-refractivity contribution < 1.29 is 36.0 Å². The molecular weight excluding hydrogens is 533 g/mol. The van der Waals surface area contributed by atoms with E-state index >= 15 is 0 Å². The number of hydrogen-bond acceptors (Lipinski definition) is 7. The normalized spacial score (nSPS) is 11.0. The standard InChI is InChI=1S/C20H28N6O5S.C2HF3O/c1-3-5-15-8-9-17(25-32(29,30)16-7-4-6-14(2)12-16)19(28)26(15)13-18(27)23-10-11-31-24-20(21)22;3-2(4,5)1-6/h4,6-9,12,25H,3,5,10-11,13H2,1-2H3,(H,23,27)(H4,21,22,24);1H. The molecule has 210 valence electrons. The zero-order valence-electron chi connectivity index (χ0n) is 20.6. The molecule has 0 aliphatic carbocycles. The number of sulfonamides is 1. The number of hydrogen-bond donors (Lipinski definition) is 4. The number of carbonyl (C=O) groups is 2. The topological polar surface area (TPSA) is 188 Å². The molecule has 6 N–H and O–H groups in total. The molecule has 1 aromatic carbocycles. The summed E-state index contributed by atoms with van der Waals surface area (Å²) in [5.41, 5.74) is 10.9. The highest BCUT2D eigenvalue weighted by Crippen LogP contribution is 2.16. The van der Waals surface area contributed by atoms with Crippen molar-refractivity contribution >= 4 is 33.9 Å². The molecule has 0 aliphatic heterocycles. The van der Waals surface area contributed by atoms with Crippen LogP contribution in [-0.2, 0) is 37.4 Å². The molecule has 0 radical (unpaired) electrons. The predicted molar refractivity (Wildman–Crippen MR) is 134 cm³/mol. The van der Waals surface area contributed by atoms with E-state index in [-0.39, 0.29) is 36.2 Å². The van der Waals surface area contributed by atoms with Crippen LogP contribution in [0, 0.1) is 6.92 Å². The lowest BCUT2D eigenvalue weighted by atomic mass is 10.2. The summed E-state index contributed by atoms with van der Waals surface area (Å²) in [6.07, 6.45) is -4.42. The Morgan fingerprint density at radius 1 is 1.21 bits per heavy atom. The van der Waals surface area contributed by atoms with Gasteiger partial charge >= 0.3 is 6.18 Å². The van der Waals surface area contributed by atoms with Gasteiger partial charge in [0.1, 0.15) is 18.8 Å². The number of rotatable bonds is 11. The second-order valence-electron chi connectivity index (χ2n) is 7.66. The number of alkyl halides is 3. The Bertz CT molecular complexity index is 1290. The largest absolute Gasteiger partial charge is 0.446 e. The van der Waals surface area contributed by atoms with Gasteiger partial charge in [-0.1, -0.05) is 25.5 Å². The lowest BCUT2D eigenvalue weighted by molar-refractivity contribution is -0.156. The van der Waals surface area contributed by atoms with Gasteiger partial charge in [-0.15, -0.1) is 0 Å². The van der Waals surface area contributed by atoms with E-state index in [4.69, 9.17) is 21.1 Å². The third kappa shape index (κ3) is 11.3. The number of nitrogens with zero attached hydrogens (tertiary/aromatic N) is 2. The fourth-order valence-corrected chi connectivity index (χ4v) is 4.05. The molecule has 0 aliphatic rings. The molecule has 0 atom stereocenters. The molecule has 0 bridgehead atoms. The summed E-state index contributed by atoms with van der Waals surface area (Å²) < 4.78 is 60.3. The van der Waals surface area contributed by atoms with Gasteiger partial charge in [0.15, 0.2) is 0 Å². The summed E-state index contributed by atoms with van der Waals surface area (Å²) in [5.74, 6) is -0.687. The van der Waals surface area contributed by atoms with E-state index in [1.807, 2.05) is 6.92 Å². The van der Waals surface area contributed by atoms with Crippen molar-refractivity contribution in [3.05, 3.63) is 58.0 Å². The van der Waals surface area contributed by atoms with Crippen LogP contribution in [0.15, 0.2) is 51.2 Å². The van der Waals surface area contributed by atoms with Crippen molar-refractivity contribution in [2.24, 2.45) is 16.6 Å². The van der Waals surface area contributed by atoms with E-state index < -0.39 is 34.0 Å². The molecule has 2 aromatic rings. The molecule has 1 amide bonds. The van der Waals surface area contributed by atoms with E-state index in [9.17, 15) is 31.2 Å². The summed E-state index contributed by atoms with van der Waals surface area (Å²) in [6.45, 7) is 3.58. The number of aldehydes is 1. The number of pyridine rings is 1. The number of aromatic nitrogens is 1. The van der Waals surface area contributed by atoms with E-state index in [1.165, 1.54) is 22.8 Å². The predicted octanol–water partition coefficient (Wildman–Crippen LogP) is 0.979. The summed E-state index contributed by atoms with van der Waals surface area (Å²) in [6, 6.07) is 9.38. The smallest absolute Gasteiger partial charge is 0.391 e. The van der Waals surface area contributed by atoms with Crippen LogP contribution in [0.3, 0.4) is 0 Å². The van der Waals surface area contributed by atoms with E-state index in [1.54, 1.807) is 25.1 Å². The van der Waals surface area contributed by atoms with Gasteiger partial charge in [-0.25, -0.2) is 8.42 Å². The highest BCUT2D eigenvalue weighted by Gasteiger charge is 2.25. The number of halogens is 3. The first-order valence-electron chi connectivity index (χ1n) is 11.0. The molecule has 1 heterocycles. The highest BCUT2D eigenvalue weighted by atomic mass is 32.2. The molecule has 0 unspecified atom stereocenters. The molecule has 0 fully saturated rings. The maximum atomic E-state index is 13.0. The van der Waals surface area contributed by atoms with Crippen LogP contribution in [0.4, 0.5) is 18.9 Å². The first-order valence-corrected chi connectivity index (χ1v) is 12.5. The average Bonchev–Trinajstić information content (AvgIpc) is 2.82. The molecule has 12 nitrogen and oxygen atoms in total. The van der Waals surface area contributed by atoms with Gasteiger partial charge < -0.3 is 26.2 Å². The maximum absolute atomic E-state index is 13.0. The van der Waals surface area contributed by atoms with Crippen LogP contribution < -0.4 is 27.1 Å². The minimum absolute atomic E-state index is 0.0384. The van der Waals surface area contributed by atoms with Gasteiger partial charge in [0.2, 0.25) is 18.2 Å². The fraction of sp³-hybridized carbons (Fsp3) is 0.364. The van der Waals surface area contributed by atoms with E-state index in [0.717, 1.165) is 12.0 Å². The molecule has 0 saturated heterocycles. The van der Waals surface area contributed by atoms with Gasteiger partial charge in [-0.2, -0.15) is 13.2 Å². The number of anilines is 1. The molecule has 1 aromatic heterocycles. The fourth-order valence-electron chi connectivity index (χ4n) is 2.88. The van der Waals surface area contributed by atoms with Crippen molar-refractivity contribution in [1.29, 1.82) is 0 Å². The van der Waals surface area contributed by atoms with Crippen LogP contribution >= 0.6 is 0 Å². The van der Waals surface area contributed by atoms with Crippen LogP contribution in [-0.4, -0.2) is 50.5 Å². The maximum Gasteiger partial charge on any atom is 0.446 e. The summed E-state index contributed by atoms with van der Waals surface area (Å²) in [7, 11) is -3.97. The number of oxime groups is 1. The number of amides is 1. The molecule has 2 rings (SSSR count). The number of nitrogens with two attached hydrogens (primary N) is 2. The van der Waals surface area contributed by atoms with Crippen LogP contribution in [0.2, 0.25) is 0 Å². The Labute approximate surface area is 216 Å². The SMILES string of the molecule is CCCc1ccc(NS(=O)(=O)c2cccc(C)c2)c(=O)n1CC(=O)NCCON=C(N)N.O=CC(F)(F)F. The van der Waals surface area contributed by atoms with Crippen molar-refractivity contribution in [3.63, 3.8) is 0 Å². The van der Waals surface area contributed by atoms with Gasteiger partial charge in [-0.05, 0) is 48.3 Å². The minimum atomic E-state index is -4.64. The second-order valence-corrected chi connectivity index (χ2v) is 9.34. The summed E-state index contributed by atoms with van der Waals surface area (Å²) in [4.78, 5) is 38.9. The average molecular weight is 563 g/mol. The minimum Gasteiger partial charge on any atom is -0.391 e. The number of guanidine groups is 1. The summed E-state index contributed by atoms with van der Waals surface area (Å²) >= 11 is 0. The summed E-state index contributed by atoms with van der Waals surface area (Å²) in [5, 5.41) is 5.92. The van der Waals surface area contributed by atoms with Crippen LogP contribution in [0.5, 0.6) is 0 Å². The number of aryl methyl sites for hydroxylation is 2. The Hall–Kier alpha value is -4.08. The van der Waals surface area contributed by atoms with Crippen LogP contribution in [0.25, 0.3) is 0 Å². The first-order chi connectivity index (χ1) is 17.7. The zero-order chi connectivity index (χ0) is 28.9. The Kier molecular flexibility index (Phi) is 12.3. The van der Waals surface area contributed by atoms with Gasteiger partial charge in [0.25, 0.3) is 15.6 Å². The van der Waals surface area contributed by atoms with Crippen molar-refractivity contribution in [2.45, 2.75) is 44.3 Å². The molecule has 0 saturated carbocycles. The van der Waals surface area contributed by atoms with Gasteiger partial charge in [0.05, 0.1) is 11.4 Å². The number of nitrogens with one attached hydrogen (secondary N) is 2. The molecular formula is C22H29F3N6O6S. The monoisotopic (exact) mass is 562 g/mol. The van der Waals surface area contributed by atoms with E-state index in [0.29, 0.717) is 12.1 Å². The Balaban J connectivity index is 0.00000107. The lowest BCUT2D eigenvalue weighted by Gasteiger charge is -2.15. The third-order valence-corrected chi connectivity index (χ3v) is 5.80.